The topological polar surface area (TPSA) is 53.6 Å². The smallest absolute Gasteiger partial charge is 0.143 e. The molecule has 0 aliphatic heterocycles. The average Bonchev–Trinajstić information content (AvgIpc) is 2.83. The number of anilines is 2. The van der Waals surface area contributed by atoms with Gasteiger partial charge in [0, 0.05) is 11.2 Å². The van der Waals surface area contributed by atoms with Crippen molar-refractivity contribution >= 4 is 45.7 Å². The molecule has 90 valence electrons. The van der Waals surface area contributed by atoms with Gasteiger partial charge in [-0.1, -0.05) is 23.2 Å². The number of fused-ring (bicyclic) bond motifs is 1. The highest BCUT2D eigenvalue weighted by Gasteiger charge is 2.07. The van der Waals surface area contributed by atoms with E-state index in [2.05, 4.69) is 20.3 Å². The second kappa shape index (κ2) is 4.48. The number of nitrogens with one attached hydrogen (secondary N) is 2. The molecule has 2 N–H and O–H groups in total. The minimum Gasteiger partial charge on any atom is -0.346 e. The number of rotatable bonds is 2. The minimum absolute atomic E-state index is 0.585. The SMILES string of the molecule is Clc1ccc(Cl)c(Nc2ncnc3[nH]ccc23)c1. The lowest BCUT2D eigenvalue weighted by molar-refractivity contribution is 1.20. The highest BCUT2D eigenvalue weighted by atomic mass is 35.5. The van der Waals surface area contributed by atoms with Crippen LogP contribution >= 0.6 is 23.2 Å². The van der Waals surface area contributed by atoms with Gasteiger partial charge in [-0.25, -0.2) is 9.97 Å². The number of halogens is 2. The second-order valence-electron chi connectivity index (χ2n) is 3.71. The molecule has 18 heavy (non-hydrogen) atoms. The summed E-state index contributed by atoms with van der Waals surface area (Å²) in [5, 5.41) is 5.25. The van der Waals surface area contributed by atoms with Crippen LogP contribution in [-0.2, 0) is 0 Å². The first kappa shape index (κ1) is 11.3. The maximum atomic E-state index is 6.10. The molecular formula is C12H8Cl2N4. The van der Waals surface area contributed by atoms with Crippen molar-refractivity contribution in [3.05, 3.63) is 46.8 Å². The number of aromatic nitrogens is 3. The Hall–Kier alpha value is -1.78. The van der Waals surface area contributed by atoms with Crippen molar-refractivity contribution in [1.82, 2.24) is 15.0 Å². The van der Waals surface area contributed by atoms with E-state index in [0.29, 0.717) is 21.6 Å². The van der Waals surface area contributed by atoms with Gasteiger partial charge < -0.3 is 10.3 Å². The van der Waals surface area contributed by atoms with Crippen molar-refractivity contribution in [1.29, 1.82) is 0 Å². The largest absolute Gasteiger partial charge is 0.346 e. The van der Waals surface area contributed by atoms with Crippen LogP contribution in [0.15, 0.2) is 36.8 Å². The van der Waals surface area contributed by atoms with Gasteiger partial charge in [-0.2, -0.15) is 0 Å². The molecular weight excluding hydrogens is 271 g/mol. The van der Waals surface area contributed by atoms with Gasteiger partial charge in [0.25, 0.3) is 0 Å². The third kappa shape index (κ3) is 2.00. The van der Waals surface area contributed by atoms with Crippen LogP contribution in [0.25, 0.3) is 11.0 Å². The van der Waals surface area contributed by atoms with Crippen LogP contribution in [-0.4, -0.2) is 15.0 Å². The summed E-state index contributed by atoms with van der Waals surface area (Å²) in [4.78, 5) is 11.3. The molecule has 3 aromatic rings. The van der Waals surface area contributed by atoms with Crippen molar-refractivity contribution in [2.24, 2.45) is 0 Å². The van der Waals surface area contributed by atoms with E-state index in [1.165, 1.54) is 6.33 Å². The Kier molecular flexibility index (Phi) is 2.81. The van der Waals surface area contributed by atoms with Gasteiger partial charge in [0.15, 0.2) is 0 Å². The zero-order chi connectivity index (χ0) is 12.5. The fraction of sp³-hybridized carbons (Fsp3) is 0. The van der Waals surface area contributed by atoms with Crippen LogP contribution in [0.1, 0.15) is 0 Å². The standard InChI is InChI=1S/C12H8Cl2N4/c13-7-1-2-9(14)10(5-7)18-12-8-3-4-15-11(8)16-6-17-12/h1-6H,(H2,15,16,17,18). The molecule has 0 fully saturated rings. The number of aromatic amines is 1. The van der Waals surface area contributed by atoms with Crippen molar-refractivity contribution in [2.45, 2.75) is 0 Å². The molecule has 0 saturated heterocycles. The van der Waals surface area contributed by atoms with E-state index in [1.54, 1.807) is 18.2 Å². The van der Waals surface area contributed by atoms with Gasteiger partial charge in [-0.15, -0.1) is 0 Å². The van der Waals surface area contributed by atoms with E-state index in [0.717, 1.165) is 11.0 Å². The van der Waals surface area contributed by atoms with E-state index >= 15 is 0 Å². The highest BCUT2D eigenvalue weighted by Crippen LogP contribution is 2.29. The first-order valence-corrected chi connectivity index (χ1v) is 6.00. The predicted molar refractivity (Wildman–Crippen MR) is 73.6 cm³/mol. The first-order valence-electron chi connectivity index (χ1n) is 5.24. The van der Waals surface area contributed by atoms with Gasteiger partial charge in [-0.05, 0) is 24.3 Å². The van der Waals surface area contributed by atoms with Crippen LogP contribution in [0.5, 0.6) is 0 Å². The molecule has 0 amide bonds. The van der Waals surface area contributed by atoms with Crippen molar-refractivity contribution in [3.63, 3.8) is 0 Å². The maximum absolute atomic E-state index is 6.10. The Labute approximate surface area is 113 Å². The molecule has 0 unspecified atom stereocenters. The summed E-state index contributed by atoms with van der Waals surface area (Å²) < 4.78 is 0. The van der Waals surface area contributed by atoms with Crippen LogP contribution in [0, 0.1) is 0 Å². The average molecular weight is 279 g/mol. The Balaban J connectivity index is 2.06. The van der Waals surface area contributed by atoms with E-state index < -0.39 is 0 Å². The normalized spacial score (nSPS) is 10.8. The van der Waals surface area contributed by atoms with E-state index in [-0.39, 0.29) is 0 Å². The summed E-state index contributed by atoms with van der Waals surface area (Å²) in [5.41, 5.74) is 1.48. The zero-order valence-corrected chi connectivity index (χ0v) is 10.6. The summed E-state index contributed by atoms with van der Waals surface area (Å²) in [5.74, 6) is 0.686. The first-order chi connectivity index (χ1) is 8.74. The fourth-order valence-corrected chi connectivity index (χ4v) is 2.03. The lowest BCUT2D eigenvalue weighted by Crippen LogP contribution is -1.95. The molecule has 2 aromatic heterocycles. The van der Waals surface area contributed by atoms with Crippen LogP contribution in [0.2, 0.25) is 10.0 Å². The number of benzene rings is 1. The van der Waals surface area contributed by atoms with Gasteiger partial charge in [0.05, 0.1) is 16.1 Å². The second-order valence-corrected chi connectivity index (χ2v) is 4.56. The molecule has 0 atom stereocenters. The van der Waals surface area contributed by atoms with Crippen molar-refractivity contribution < 1.29 is 0 Å². The number of H-pyrrole nitrogens is 1. The molecule has 0 aliphatic rings. The van der Waals surface area contributed by atoms with Crippen molar-refractivity contribution in [3.8, 4) is 0 Å². The molecule has 2 heterocycles. The van der Waals surface area contributed by atoms with Gasteiger partial charge in [0.2, 0.25) is 0 Å². The predicted octanol–water partition coefficient (Wildman–Crippen LogP) is 4.01. The molecule has 3 rings (SSSR count). The monoisotopic (exact) mass is 278 g/mol. The highest BCUT2D eigenvalue weighted by molar-refractivity contribution is 6.35. The van der Waals surface area contributed by atoms with E-state index in [1.807, 2.05) is 12.3 Å². The summed E-state index contributed by atoms with van der Waals surface area (Å²) in [6.07, 6.45) is 3.30. The lowest BCUT2D eigenvalue weighted by Gasteiger charge is -2.08. The Bertz CT molecular complexity index is 708. The molecule has 0 saturated carbocycles. The van der Waals surface area contributed by atoms with Crippen LogP contribution in [0.3, 0.4) is 0 Å². The third-order valence-corrected chi connectivity index (χ3v) is 3.10. The molecule has 0 spiro atoms. The Morgan fingerprint density at radius 2 is 2.00 bits per heavy atom. The van der Waals surface area contributed by atoms with E-state index in [4.69, 9.17) is 23.2 Å². The zero-order valence-electron chi connectivity index (χ0n) is 9.11. The van der Waals surface area contributed by atoms with Crippen molar-refractivity contribution in [2.75, 3.05) is 5.32 Å². The molecule has 6 heteroatoms. The summed E-state index contributed by atoms with van der Waals surface area (Å²) >= 11 is 12.0. The lowest BCUT2D eigenvalue weighted by atomic mass is 10.3. The molecule has 1 aromatic carbocycles. The number of nitrogens with zero attached hydrogens (tertiary/aromatic N) is 2. The summed E-state index contributed by atoms with van der Waals surface area (Å²) in [6.45, 7) is 0. The Morgan fingerprint density at radius 3 is 2.89 bits per heavy atom. The fourth-order valence-electron chi connectivity index (χ4n) is 1.69. The van der Waals surface area contributed by atoms with Crippen LogP contribution < -0.4 is 5.32 Å². The number of hydrogen-bond acceptors (Lipinski definition) is 3. The molecule has 0 bridgehead atoms. The van der Waals surface area contributed by atoms with E-state index in [9.17, 15) is 0 Å². The quantitative estimate of drug-likeness (QED) is 0.745. The Morgan fingerprint density at radius 1 is 1.11 bits per heavy atom. The minimum atomic E-state index is 0.585. The van der Waals surface area contributed by atoms with Gasteiger partial charge in [0.1, 0.15) is 17.8 Å². The number of hydrogen-bond donors (Lipinski definition) is 2. The van der Waals surface area contributed by atoms with Gasteiger partial charge >= 0.3 is 0 Å². The van der Waals surface area contributed by atoms with Gasteiger partial charge in [-0.3, -0.25) is 0 Å². The molecule has 0 aliphatic carbocycles. The summed E-state index contributed by atoms with van der Waals surface area (Å²) in [6, 6.07) is 7.13. The summed E-state index contributed by atoms with van der Waals surface area (Å²) in [7, 11) is 0. The van der Waals surface area contributed by atoms with Crippen LogP contribution in [0.4, 0.5) is 11.5 Å². The molecule has 4 nitrogen and oxygen atoms in total. The third-order valence-electron chi connectivity index (χ3n) is 2.54. The maximum Gasteiger partial charge on any atom is 0.143 e. The molecule has 0 radical (unpaired) electrons.